The van der Waals surface area contributed by atoms with Gasteiger partial charge < -0.3 is 24.7 Å². The van der Waals surface area contributed by atoms with Crippen LogP contribution in [0.1, 0.15) is 29.7 Å². The van der Waals surface area contributed by atoms with Gasteiger partial charge in [0.15, 0.2) is 5.96 Å². The van der Waals surface area contributed by atoms with Crippen LogP contribution in [-0.4, -0.2) is 50.6 Å². The molecule has 2 aromatic rings. The zero-order chi connectivity index (χ0) is 21.3. The summed E-state index contributed by atoms with van der Waals surface area (Å²) in [6, 6.07) is 10.0. The summed E-state index contributed by atoms with van der Waals surface area (Å²) in [5, 5.41) is 6.40. The number of guanidine groups is 1. The normalized spacial score (nSPS) is 13.3. The lowest BCUT2D eigenvalue weighted by Gasteiger charge is -2.15. The molecule has 1 aliphatic rings. The molecule has 1 saturated carbocycles. The van der Waals surface area contributed by atoms with Crippen LogP contribution in [0.3, 0.4) is 0 Å². The Kier molecular flexibility index (Phi) is 10.2. The van der Waals surface area contributed by atoms with E-state index in [9.17, 15) is 4.79 Å². The van der Waals surface area contributed by atoms with Crippen molar-refractivity contribution in [1.29, 1.82) is 0 Å². The zero-order valence-corrected chi connectivity index (χ0v) is 20.8. The average molecular weight is 540 g/mol. The highest BCUT2D eigenvalue weighted by molar-refractivity contribution is 14.0. The first kappa shape index (κ1) is 25.0. The fourth-order valence-corrected chi connectivity index (χ4v) is 2.83. The van der Waals surface area contributed by atoms with E-state index in [1.807, 2.05) is 12.1 Å². The number of rotatable bonds is 10. The number of likely N-dealkylation sites (N-methyl/N-ethyl adjacent to an activating group) is 1. The lowest BCUT2D eigenvalue weighted by atomic mass is 10.1. The van der Waals surface area contributed by atoms with Crippen molar-refractivity contribution in [3.63, 3.8) is 0 Å². The number of hydrogen-bond acceptors (Lipinski definition) is 4. The fraction of sp³-hybridized carbons (Fsp3) is 0.478. The maximum Gasteiger partial charge on any atom is 0.241 e. The molecule has 0 saturated heterocycles. The van der Waals surface area contributed by atoms with Crippen LogP contribution < -0.4 is 15.4 Å². The number of halogens is 1. The standard InChI is InChI=1S/C23H32N4O3.HI/c1-17-6-9-19(21(13-17)30-16-18-7-8-18)14-25-23(26-15-22(28)27(2)3)24-11-10-20-5-4-12-29-20;/h4-6,9,12-13,18H,7-8,10-11,14-16H2,1-3H3,(H2,24,25,26);1H. The van der Waals surface area contributed by atoms with Gasteiger partial charge in [-0.15, -0.1) is 24.0 Å². The molecule has 1 aromatic heterocycles. The molecule has 2 N–H and O–H groups in total. The van der Waals surface area contributed by atoms with E-state index in [1.165, 1.54) is 18.4 Å². The summed E-state index contributed by atoms with van der Waals surface area (Å²) < 4.78 is 11.4. The van der Waals surface area contributed by atoms with Gasteiger partial charge in [-0.1, -0.05) is 12.1 Å². The van der Waals surface area contributed by atoms with Gasteiger partial charge in [0.05, 0.1) is 26.0 Å². The van der Waals surface area contributed by atoms with Crippen LogP contribution >= 0.6 is 24.0 Å². The van der Waals surface area contributed by atoms with Gasteiger partial charge in [0.25, 0.3) is 0 Å². The number of ether oxygens (including phenoxy) is 1. The van der Waals surface area contributed by atoms with Crippen molar-refractivity contribution >= 4 is 35.8 Å². The quantitative estimate of drug-likeness (QED) is 0.275. The first-order chi connectivity index (χ1) is 14.5. The number of nitrogens with zero attached hydrogens (tertiary/aromatic N) is 2. The van der Waals surface area contributed by atoms with Gasteiger partial charge >= 0.3 is 0 Å². The zero-order valence-electron chi connectivity index (χ0n) is 18.5. The van der Waals surface area contributed by atoms with E-state index < -0.39 is 0 Å². The molecule has 1 aromatic carbocycles. The summed E-state index contributed by atoms with van der Waals surface area (Å²) in [5.74, 6) is 3.06. The van der Waals surface area contributed by atoms with Crippen molar-refractivity contribution in [1.82, 2.24) is 15.5 Å². The number of benzene rings is 1. The maximum atomic E-state index is 12.0. The summed E-state index contributed by atoms with van der Waals surface area (Å²) in [6.45, 7) is 4.12. The third-order valence-corrected chi connectivity index (χ3v) is 4.95. The van der Waals surface area contributed by atoms with Crippen LogP contribution in [0.4, 0.5) is 0 Å². The fourth-order valence-electron chi connectivity index (χ4n) is 2.83. The number of aliphatic imine (C=N–C) groups is 1. The van der Waals surface area contributed by atoms with Crippen molar-refractivity contribution in [3.8, 4) is 5.75 Å². The molecule has 1 amide bonds. The topological polar surface area (TPSA) is 79.1 Å². The Morgan fingerprint density at radius 1 is 1.26 bits per heavy atom. The van der Waals surface area contributed by atoms with Crippen LogP contribution in [-0.2, 0) is 17.8 Å². The summed E-state index contributed by atoms with van der Waals surface area (Å²) >= 11 is 0. The smallest absolute Gasteiger partial charge is 0.241 e. The number of nitrogens with one attached hydrogen (secondary N) is 2. The van der Waals surface area contributed by atoms with E-state index in [0.29, 0.717) is 25.0 Å². The second-order valence-corrected chi connectivity index (χ2v) is 7.93. The summed E-state index contributed by atoms with van der Waals surface area (Å²) in [7, 11) is 3.47. The van der Waals surface area contributed by atoms with Crippen LogP contribution in [0, 0.1) is 12.8 Å². The lowest BCUT2D eigenvalue weighted by molar-refractivity contribution is -0.127. The number of carbonyl (C=O) groups excluding carboxylic acids is 1. The molecule has 0 spiro atoms. The highest BCUT2D eigenvalue weighted by Gasteiger charge is 2.22. The molecule has 1 fully saturated rings. The Labute approximate surface area is 201 Å². The van der Waals surface area contributed by atoms with E-state index in [4.69, 9.17) is 14.1 Å². The average Bonchev–Trinajstić information content (AvgIpc) is 3.42. The molecule has 170 valence electrons. The van der Waals surface area contributed by atoms with Crippen molar-refractivity contribution in [2.45, 2.75) is 32.7 Å². The van der Waals surface area contributed by atoms with Crippen molar-refractivity contribution in [3.05, 3.63) is 53.5 Å². The van der Waals surface area contributed by atoms with Gasteiger partial charge in [-0.2, -0.15) is 0 Å². The second kappa shape index (κ2) is 12.6. The van der Waals surface area contributed by atoms with Crippen LogP contribution in [0.5, 0.6) is 5.75 Å². The number of carbonyl (C=O) groups is 1. The molecule has 3 rings (SSSR count). The van der Waals surface area contributed by atoms with E-state index in [2.05, 4.69) is 35.8 Å². The van der Waals surface area contributed by atoms with Gasteiger partial charge in [0.2, 0.25) is 5.91 Å². The van der Waals surface area contributed by atoms with Crippen molar-refractivity contribution in [2.75, 3.05) is 33.8 Å². The van der Waals surface area contributed by atoms with E-state index in [0.717, 1.165) is 30.1 Å². The second-order valence-electron chi connectivity index (χ2n) is 7.93. The molecular weight excluding hydrogens is 507 g/mol. The predicted octanol–water partition coefficient (Wildman–Crippen LogP) is 3.36. The Morgan fingerprint density at radius 2 is 2.06 bits per heavy atom. The molecule has 1 aliphatic carbocycles. The monoisotopic (exact) mass is 540 g/mol. The predicted molar refractivity (Wildman–Crippen MR) is 133 cm³/mol. The SMILES string of the molecule is Cc1ccc(CN=C(NCCc2ccco2)NCC(=O)N(C)C)c(OCC2CC2)c1.I. The van der Waals surface area contributed by atoms with Crippen LogP contribution in [0.25, 0.3) is 0 Å². The van der Waals surface area contributed by atoms with Crippen LogP contribution in [0.2, 0.25) is 0 Å². The van der Waals surface area contributed by atoms with Gasteiger partial charge in [-0.25, -0.2) is 4.99 Å². The molecule has 31 heavy (non-hydrogen) atoms. The molecule has 7 nitrogen and oxygen atoms in total. The van der Waals surface area contributed by atoms with E-state index in [-0.39, 0.29) is 36.4 Å². The third-order valence-electron chi connectivity index (χ3n) is 4.95. The number of amides is 1. The highest BCUT2D eigenvalue weighted by Crippen LogP contribution is 2.30. The molecule has 0 radical (unpaired) electrons. The summed E-state index contributed by atoms with van der Waals surface area (Å²) in [4.78, 5) is 18.2. The Balaban J connectivity index is 0.00000341. The van der Waals surface area contributed by atoms with Crippen molar-refractivity contribution in [2.24, 2.45) is 10.9 Å². The minimum absolute atomic E-state index is 0. The molecular formula is C23H33IN4O3. The highest BCUT2D eigenvalue weighted by atomic mass is 127. The van der Waals surface area contributed by atoms with Gasteiger partial charge in [-0.3, -0.25) is 4.79 Å². The number of furan rings is 1. The molecule has 0 bridgehead atoms. The van der Waals surface area contributed by atoms with E-state index >= 15 is 0 Å². The summed E-state index contributed by atoms with van der Waals surface area (Å²) in [5.41, 5.74) is 2.20. The van der Waals surface area contributed by atoms with E-state index in [1.54, 1.807) is 25.3 Å². The molecule has 1 heterocycles. The number of hydrogen-bond donors (Lipinski definition) is 2. The Morgan fingerprint density at radius 3 is 2.74 bits per heavy atom. The minimum atomic E-state index is -0.0145. The lowest BCUT2D eigenvalue weighted by Crippen LogP contribution is -2.43. The van der Waals surface area contributed by atoms with Gasteiger partial charge in [-0.05, 0) is 49.4 Å². The number of aryl methyl sites for hydroxylation is 1. The first-order valence-corrected chi connectivity index (χ1v) is 10.5. The maximum absolute atomic E-state index is 12.0. The largest absolute Gasteiger partial charge is 0.493 e. The Bertz CT molecular complexity index is 849. The van der Waals surface area contributed by atoms with Gasteiger partial charge in [0.1, 0.15) is 11.5 Å². The Hall–Kier alpha value is -2.23. The molecule has 0 atom stereocenters. The third kappa shape index (κ3) is 8.80. The molecule has 0 aliphatic heterocycles. The van der Waals surface area contributed by atoms with Gasteiger partial charge in [0, 0.05) is 32.6 Å². The van der Waals surface area contributed by atoms with Crippen molar-refractivity contribution < 1.29 is 13.9 Å². The van der Waals surface area contributed by atoms with Crippen LogP contribution in [0.15, 0.2) is 46.0 Å². The summed E-state index contributed by atoms with van der Waals surface area (Å²) in [6.07, 6.45) is 4.91. The molecule has 8 heteroatoms. The first-order valence-electron chi connectivity index (χ1n) is 10.5. The minimum Gasteiger partial charge on any atom is -0.493 e. The molecule has 0 unspecified atom stereocenters.